The van der Waals surface area contributed by atoms with Gasteiger partial charge in [0.1, 0.15) is 12.6 Å². The number of amides is 2. The third-order valence-electron chi connectivity index (χ3n) is 6.45. The molecule has 8 nitrogen and oxygen atoms in total. The Hall–Kier alpha value is -3.39. The average molecular weight is 453 g/mol. The highest BCUT2D eigenvalue weighted by molar-refractivity contribution is 5.87. The summed E-state index contributed by atoms with van der Waals surface area (Å²) in [5, 5.41) is 21.2. The lowest BCUT2D eigenvalue weighted by atomic mass is 9.98. The Balaban J connectivity index is 1.43. The molecule has 0 saturated carbocycles. The second kappa shape index (κ2) is 10.0. The van der Waals surface area contributed by atoms with Gasteiger partial charge in [-0.15, -0.1) is 0 Å². The standard InChI is InChI=1S/C25H28N2O6/c28-14-16-6-5-13-27(16)24(31)22(11-12-23(29)30)26-25(32)33-15-21-19-9-3-1-7-17(19)18-8-2-4-10-20(18)21/h1-4,7-10,16,21-22,28H,5-6,11-15H2,(H,26,32)(H,29,30). The maximum atomic E-state index is 13.0. The minimum atomic E-state index is -1.05. The second-order valence-corrected chi connectivity index (χ2v) is 8.47. The first kappa shape index (κ1) is 22.8. The molecular weight excluding hydrogens is 424 g/mol. The van der Waals surface area contributed by atoms with E-state index < -0.39 is 18.1 Å². The number of hydrogen-bond acceptors (Lipinski definition) is 5. The Morgan fingerprint density at radius 2 is 1.70 bits per heavy atom. The molecule has 2 amide bonds. The van der Waals surface area contributed by atoms with Gasteiger partial charge in [0.25, 0.3) is 0 Å². The van der Waals surface area contributed by atoms with Gasteiger partial charge in [0.15, 0.2) is 0 Å². The van der Waals surface area contributed by atoms with E-state index in [1.54, 1.807) is 0 Å². The van der Waals surface area contributed by atoms with Gasteiger partial charge in [0.05, 0.1) is 12.6 Å². The van der Waals surface area contributed by atoms with Crippen molar-refractivity contribution in [2.24, 2.45) is 0 Å². The quantitative estimate of drug-likeness (QED) is 0.567. The summed E-state index contributed by atoms with van der Waals surface area (Å²) in [4.78, 5) is 38.3. The van der Waals surface area contributed by atoms with E-state index in [4.69, 9.17) is 9.84 Å². The molecule has 0 bridgehead atoms. The van der Waals surface area contributed by atoms with Gasteiger partial charge in [0, 0.05) is 18.9 Å². The number of benzene rings is 2. The summed E-state index contributed by atoms with van der Waals surface area (Å²) in [5.41, 5.74) is 4.38. The first-order valence-electron chi connectivity index (χ1n) is 11.2. The summed E-state index contributed by atoms with van der Waals surface area (Å²) < 4.78 is 5.53. The molecule has 1 aliphatic heterocycles. The third kappa shape index (κ3) is 4.85. The van der Waals surface area contributed by atoms with Crippen molar-refractivity contribution in [1.29, 1.82) is 0 Å². The maximum absolute atomic E-state index is 13.0. The Morgan fingerprint density at radius 1 is 1.06 bits per heavy atom. The minimum Gasteiger partial charge on any atom is -0.481 e. The van der Waals surface area contributed by atoms with Gasteiger partial charge in [0.2, 0.25) is 5.91 Å². The van der Waals surface area contributed by atoms with Gasteiger partial charge in [-0.25, -0.2) is 4.79 Å². The molecule has 2 aliphatic rings. The van der Waals surface area contributed by atoms with Gasteiger partial charge >= 0.3 is 12.1 Å². The molecule has 3 N–H and O–H groups in total. The van der Waals surface area contributed by atoms with Crippen molar-refractivity contribution in [2.45, 2.75) is 43.7 Å². The predicted molar refractivity (Wildman–Crippen MR) is 121 cm³/mol. The number of hydrogen-bond donors (Lipinski definition) is 3. The second-order valence-electron chi connectivity index (χ2n) is 8.47. The number of likely N-dealkylation sites (tertiary alicyclic amines) is 1. The van der Waals surface area contributed by atoms with Crippen molar-refractivity contribution in [3.63, 3.8) is 0 Å². The van der Waals surface area contributed by atoms with E-state index in [0.717, 1.165) is 28.7 Å². The normalized spacial score (nSPS) is 17.8. The zero-order chi connectivity index (χ0) is 23.4. The van der Waals surface area contributed by atoms with Gasteiger partial charge in [-0.05, 0) is 41.5 Å². The number of nitrogens with one attached hydrogen (secondary N) is 1. The molecule has 1 heterocycles. The smallest absolute Gasteiger partial charge is 0.407 e. The number of ether oxygens (including phenoxy) is 1. The fourth-order valence-electron chi connectivity index (χ4n) is 4.82. The number of carbonyl (C=O) groups is 3. The van der Waals surface area contributed by atoms with Gasteiger partial charge in [-0.3, -0.25) is 9.59 Å². The fourth-order valence-corrected chi connectivity index (χ4v) is 4.82. The summed E-state index contributed by atoms with van der Waals surface area (Å²) >= 11 is 0. The van der Waals surface area contributed by atoms with Gasteiger partial charge < -0.3 is 25.2 Å². The van der Waals surface area contributed by atoms with Crippen LogP contribution < -0.4 is 5.32 Å². The summed E-state index contributed by atoms with van der Waals surface area (Å²) in [5.74, 6) is -1.56. The van der Waals surface area contributed by atoms with Crippen LogP contribution in [-0.4, -0.2) is 64.9 Å². The topological polar surface area (TPSA) is 116 Å². The molecule has 0 spiro atoms. The summed E-state index contributed by atoms with van der Waals surface area (Å²) in [7, 11) is 0. The summed E-state index contributed by atoms with van der Waals surface area (Å²) in [6.07, 6.45) is 0.359. The minimum absolute atomic E-state index is 0.0486. The molecule has 174 valence electrons. The molecule has 4 rings (SSSR count). The van der Waals surface area contributed by atoms with Crippen LogP contribution in [-0.2, 0) is 14.3 Å². The molecule has 0 radical (unpaired) electrons. The van der Waals surface area contributed by atoms with Crippen molar-refractivity contribution in [2.75, 3.05) is 19.8 Å². The number of rotatable bonds is 8. The number of carboxylic acid groups (broad SMARTS) is 1. The molecule has 8 heteroatoms. The van der Waals surface area contributed by atoms with Crippen LogP contribution in [0.3, 0.4) is 0 Å². The zero-order valence-corrected chi connectivity index (χ0v) is 18.3. The van der Waals surface area contributed by atoms with Crippen LogP contribution in [0, 0.1) is 0 Å². The van der Waals surface area contributed by atoms with Crippen molar-refractivity contribution in [3.05, 3.63) is 59.7 Å². The molecule has 2 unspecified atom stereocenters. The number of aliphatic hydroxyl groups excluding tert-OH is 1. The molecule has 2 atom stereocenters. The molecular formula is C25H28N2O6. The Bertz CT molecular complexity index is 994. The monoisotopic (exact) mass is 452 g/mol. The first-order chi connectivity index (χ1) is 16.0. The maximum Gasteiger partial charge on any atom is 0.407 e. The van der Waals surface area contributed by atoms with E-state index in [2.05, 4.69) is 5.32 Å². The highest BCUT2D eigenvalue weighted by Gasteiger charge is 2.34. The number of fused-ring (bicyclic) bond motifs is 3. The Kier molecular flexibility index (Phi) is 6.93. The molecule has 1 aliphatic carbocycles. The largest absolute Gasteiger partial charge is 0.481 e. The van der Waals surface area contributed by atoms with E-state index >= 15 is 0 Å². The lowest BCUT2D eigenvalue weighted by molar-refractivity contribution is -0.138. The van der Waals surface area contributed by atoms with E-state index in [0.29, 0.717) is 13.0 Å². The SMILES string of the molecule is O=C(O)CCC(NC(=O)OCC1c2ccccc2-c2ccccc21)C(=O)N1CCCC1CO. The number of alkyl carbamates (subject to hydrolysis) is 1. The van der Waals surface area contributed by atoms with E-state index in [-0.39, 0.29) is 43.9 Å². The van der Waals surface area contributed by atoms with Crippen molar-refractivity contribution in [3.8, 4) is 11.1 Å². The van der Waals surface area contributed by atoms with E-state index in [1.165, 1.54) is 4.90 Å². The van der Waals surface area contributed by atoms with Crippen LogP contribution >= 0.6 is 0 Å². The molecule has 0 aromatic heterocycles. The van der Waals surface area contributed by atoms with Crippen molar-refractivity contribution >= 4 is 18.0 Å². The lowest BCUT2D eigenvalue weighted by Gasteiger charge is -2.28. The number of carboxylic acids is 1. The highest BCUT2D eigenvalue weighted by Crippen LogP contribution is 2.44. The van der Waals surface area contributed by atoms with Crippen LogP contribution in [0.2, 0.25) is 0 Å². The number of carbonyl (C=O) groups excluding carboxylic acids is 2. The van der Waals surface area contributed by atoms with Crippen LogP contribution in [0.15, 0.2) is 48.5 Å². The number of nitrogens with zero attached hydrogens (tertiary/aromatic N) is 1. The van der Waals surface area contributed by atoms with Crippen LogP contribution in [0.5, 0.6) is 0 Å². The molecule has 2 aromatic rings. The van der Waals surface area contributed by atoms with E-state index in [9.17, 15) is 19.5 Å². The Morgan fingerprint density at radius 3 is 2.30 bits per heavy atom. The first-order valence-corrected chi connectivity index (χ1v) is 11.2. The average Bonchev–Trinajstić information content (AvgIpc) is 3.42. The zero-order valence-electron chi connectivity index (χ0n) is 18.3. The van der Waals surface area contributed by atoms with Gasteiger partial charge in [-0.2, -0.15) is 0 Å². The summed E-state index contributed by atoms with van der Waals surface area (Å²) in [6.45, 7) is 0.408. The molecule has 1 saturated heterocycles. The van der Waals surface area contributed by atoms with Gasteiger partial charge in [-0.1, -0.05) is 48.5 Å². The van der Waals surface area contributed by atoms with E-state index in [1.807, 2.05) is 48.5 Å². The molecule has 33 heavy (non-hydrogen) atoms. The fraction of sp³-hybridized carbons (Fsp3) is 0.400. The molecule has 1 fully saturated rings. The van der Waals surface area contributed by atoms with Crippen molar-refractivity contribution in [1.82, 2.24) is 10.2 Å². The number of aliphatic carboxylic acids is 1. The Labute approximate surface area is 192 Å². The highest BCUT2D eigenvalue weighted by atomic mass is 16.5. The lowest BCUT2D eigenvalue weighted by Crippen LogP contribution is -2.51. The third-order valence-corrected chi connectivity index (χ3v) is 6.45. The van der Waals surface area contributed by atoms with Crippen LogP contribution in [0.25, 0.3) is 11.1 Å². The summed E-state index contributed by atoms with van der Waals surface area (Å²) in [6, 6.07) is 14.6. The van der Waals surface area contributed by atoms with Crippen LogP contribution in [0.4, 0.5) is 4.79 Å². The molecule has 2 aromatic carbocycles. The van der Waals surface area contributed by atoms with Crippen LogP contribution in [0.1, 0.15) is 42.7 Å². The van der Waals surface area contributed by atoms with Crippen molar-refractivity contribution < 1.29 is 29.3 Å². The predicted octanol–water partition coefficient (Wildman–Crippen LogP) is 2.74. The number of aliphatic hydroxyl groups is 1.